The number of thioether (sulfide) groups is 1. The summed E-state index contributed by atoms with van der Waals surface area (Å²) in [6, 6.07) is 14.6. The highest BCUT2D eigenvalue weighted by molar-refractivity contribution is 7.98. The minimum absolute atomic E-state index is 0.191. The summed E-state index contributed by atoms with van der Waals surface area (Å²) in [5.41, 5.74) is 2.36. The summed E-state index contributed by atoms with van der Waals surface area (Å²) in [4.78, 5) is 33.1. The zero-order valence-electron chi connectivity index (χ0n) is 20.5. The number of benzene rings is 2. The molecule has 8 heteroatoms. The van der Waals surface area contributed by atoms with Gasteiger partial charge in [0.25, 0.3) is 5.56 Å². The van der Waals surface area contributed by atoms with E-state index in [4.69, 9.17) is 15.9 Å². The Morgan fingerprint density at radius 1 is 1.22 bits per heavy atom. The summed E-state index contributed by atoms with van der Waals surface area (Å²) < 4.78 is 13.1. The lowest BCUT2D eigenvalue weighted by Gasteiger charge is -2.25. The number of allylic oxidation sites excluding steroid dienone is 1. The summed E-state index contributed by atoms with van der Waals surface area (Å²) in [6.07, 6.45) is 8.76. The lowest BCUT2D eigenvalue weighted by molar-refractivity contribution is -0.143. The highest BCUT2D eigenvalue weighted by Gasteiger charge is 2.33. The van der Waals surface area contributed by atoms with Crippen LogP contribution in [0.5, 0.6) is 5.75 Å². The molecule has 0 unspecified atom stereocenters. The van der Waals surface area contributed by atoms with Gasteiger partial charge in [0.15, 0.2) is 4.80 Å². The Labute approximate surface area is 218 Å². The Morgan fingerprint density at radius 3 is 2.53 bits per heavy atom. The molecule has 1 aliphatic rings. The Kier molecular flexibility index (Phi) is 7.82. The van der Waals surface area contributed by atoms with Crippen molar-refractivity contribution in [1.82, 2.24) is 4.57 Å². The first-order valence-corrected chi connectivity index (χ1v) is 13.4. The number of nitrogens with zero attached hydrogens (tertiary/aromatic N) is 2. The van der Waals surface area contributed by atoms with E-state index in [1.54, 1.807) is 49.2 Å². The normalized spacial score (nSPS) is 15.3. The average Bonchev–Trinajstić information content (AvgIpc) is 3.16. The highest BCUT2D eigenvalue weighted by atomic mass is 32.2. The van der Waals surface area contributed by atoms with Gasteiger partial charge in [0.2, 0.25) is 0 Å². The number of hydrogen-bond donors (Lipinski definition) is 0. The van der Waals surface area contributed by atoms with E-state index in [0.29, 0.717) is 26.4 Å². The topological polar surface area (TPSA) is 69.9 Å². The van der Waals surface area contributed by atoms with Crippen molar-refractivity contribution in [2.75, 3.05) is 12.9 Å². The fraction of sp³-hybridized carbons (Fsp3) is 0.250. The second-order valence-corrected chi connectivity index (χ2v) is 10.3. The molecular weight excluding hydrogens is 492 g/mol. The van der Waals surface area contributed by atoms with Gasteiger partial charge in [-0.2, -0.15) is 0 Å². The van der Waals surface area contributed by atoms with Crippen LogP contribution in [-0.4, -0.2) is 29.5 Å². The molecule has 0 aliphatic carbocycles. The molecule has 184 valence electrons. The third-order valence-electron chi connectivity index (χ3n) is 5.52. The molecule has 1 aromatic heterocycles. The Bertz CT molecular complexity index is 1520. The molecule has 1 aliphatic heterocycles. The summed E-state index contributed by atoms with van der Waals surface area (Å²) in [7, 11) is 0. The number of fused-ring (bicyclic) bond motifs is 1. The summed E-state index contributed by atoms with van der Waals surface area (Å²) in [5.74, 6) is 2.62. The number of thiazole rings is 1. The van der Waals surface area contributed by atoms with E-state index in [0.717, 1.165) is 16.0 Å². The standard InChI is InChI=1S/C28H26N2O4S2/c1-6-15-33-21-11-7-19(8-12-21)16-23-26(31)30-25(20-9-13-22(35-5)14-10-20)24(27(32)34-17(2)3)18(4)29-28(30)36-23/h1,7-14,16-17,25H,15H2,2-5H3/b23-16-/t25-/m0/s1. The van der Waals surface area contributed by atoms with Gasteiger partial charge < -0.3 is 9.47 Å². The van der Waals surface area contributed by atoms with Gasteiger partial charge in [-0.25, -0.2) is 9.79 Å². The zero-order chi connectivity index (χ0) is 25.8. The molecule has 1 atom stereocenters. The molecule has 0 radical (unpaired) electrons. The van der Waals surface area contributed by atoms with E-state index >= 15 is 0 Å². The number of aromatic nitrogens is 1. The Morgan fingerprint density at radius 2 is 1.92 bits per heavy atom. The molecule has 0 amide bonds. The van der Waals surface area contributed by atoms with Gasteiger partial charge >= 0.3 is 5.97 Å². The first-order valence-electron chi connectivity index (χ1n) is 11.4. The maximum atomic E-state index is 13.7. The summed E-state index contributed by atoms with van der Waals surface area (Å²) in [6.45, 7) is 5.57. The number of carbonyl (C=O) groups excluding carboxylic acids is 1. The molecule has 3 aromatic rings. The van der Waals surface area contributed by atoms with Gasteiger partial charge in [0, 0.05) is 4.90 Å². The quantitative estimate of drug-likeness (QED) is 0.269. The van der Waals surface area contributed by atoms with Crippen LogP contribution in [0.4, 0.5) is 0 Å². The number of esters is 1. The number of terminal acetylenes is 1. The van der Waals surface area contributed by atoms with Gasteiger partial charge in [-0.3, -0.25) is 9.36 Å². The SMILES string of the molecule is C#CCOc1ccc(/C=c2\sc3n(c2=O)[C@@H](c2ccc(SC)cc2)C(C(=O)OC(C)C)=C(C)N=3)cc1. The van der Waals surface area contributed by atoms with E-state index in [2.05, 4.69) is 10.9 Å². The van der Waals surface area contributed by atoms with E-state index < -0.39 is 12.0 Å². The first kappa shape index (κ1) is 25.5. The zero-order valence-corrected chi connectivity index (χ0v) is 22.1. The van der Waals surface area contributed by atoms with Crippen LogP contribution in [-0.2, 0) is 9.53 Å². The molecule has 36 heavy (non-hydrogen) atoms. The van der Waals surface area contributed by atoms with Crippen LogP contribution < -0.4 is 19.6 Å². The highest BCUT2D eigenvalue weighted by Crippen LogP contribution is 2.32. The monoisotopic (exact) mass is 518 g/mol. The molecular formula is C28H26N2O4S2. The minimum atomic E-state index is -0.634. The molecule has 0 spiro atoms. The summed E-state index contributed by atoms with van der Waals surface area (Å²) >= 11 is 2.92. The fourth-order valence-electron chi connectivity index (χ4n) is 3.90. The predicted octanol–water partition coefficient (Wildman–Crippen LogP) is 3.92. The van der Waals surface area contributed by atoms with Crippen molar-refractivity contribution in [1.29, 1.82) is 0 Å². The first-order chi connectivity index (χ1) is 17.3. The largest absolute Gasteiger partial charge is 0.481 e. The van der Waals surface area contributed by atoms with Gasteiger partial charge in [-0.1, -0.05) is 41.5 Å². The van der Waals surface area contributed by atoms with Gasteiger partial charge in [0.1, 0.15) is 12.4 Å². The molecule has 4 rings (SSSR count). The van der Waals surface area contributed by atoms with E-state index in [-0.39, 0.29) is 18.3 Å². The van der Waals surface area contributed by atoms with Crippen molar-refractivity contribution < 1.29 is 14.3 Å². The van der Waals surface area contributed by atoms with Crippen LogP contribution in [0.25, 0.3) is 6.08 Å². The number of carbonyl (C=O) groups is 1. The maximum Gasteiger partial charge on any atom is 0.338 e. The van der Waals surface area contributed by atoms with Crippen LogP contribution in [0.15, 0.2) is 74.5 Å². The lowest BCUT2D eigenvalue weighted by Crippen LogP contribution is -2.40. The minimum Gasteiger partial charge on any atom is -0.481 e. The van der Waals surface area contributed by atoms with Crippen molar-refractivity contribution in [3.8, 4) is 18.1 Å². The molecule has 0 bridgehead atoms. The molecule has 2 aromatic carbocycles. The van der Waals surface area contributed by atoms with E-state index in [1.807, 2.05) is 48.7 Å². The van der Waals surface area contributed by atoms with Gasteiger partial charge in [-0.15, -0.1) is 18.2 Å². The molecule has 6 nitrogen and oxygen atoms in total. The fourth-order valence-corrected chi connectivity index (χ4v) is 5.35. The van der Waals surface area contributed by atoms with Crippen molar-refractivity contribution in [3.05, 3.63) is 90.6 Å². The molecule has 2 heterocycles. The average molecular weight is 519 g/mol. The number of rotatable bonds is 7. The molecule has 0 fully saturated rings. The van der Waals surface area contributed by atoms with Gasteiger partial charge in [-0.05, 0) is 68.5 Å². The van der Waals surface area contributed by atoms with Crippen molar-refractivity contribution >= 4 is 35.1 Å². The second kappa shape index (κ2) is 11.0. The van der Waals surface area contributed by atoms with Crippen LogP contribution in [0.2, 0.25) is 0 Å². The van der Waals surface area contributed by atoms with Crippen molar-refractivity contribution in [2.24, 2.45) is 4.99 Å². The third-order valence-corrected chi connectivity index (χ3v) is 7.24. The Balaban J connectivity index is 1.84. The van der Waals surface area contributed by atoms with Gasteiger partial charge in [0.05, 0.1) is 27.9 Å². The number of ether oxygens (including phenoxy) is 2. The molecule has 0 saturated carbocycles. The molecule has 0 saturated heterocycles. The molecule has 0 N–H and O–H groups in total. The van der Waals surface area contributed by atoms with Crippen molar-refractivity contribution in [3.63, 3.8) is 0 Å². The smallest absolute Gasteiger partial charge is 0.338 e. The summed E-state index contributed by atoms with van der Waals surface area (Å²) in [5, 5.41) is 0. The van der Waals surface area contributed by atoms with Crippen LogP contribution in [0.3, 0.4) is 0 Å². The van der Waals surface area contributed by atoms with Crippen molar-refractivity contribution in [2.45, 2.75) is 37.8 Å². The van der Waals surface area contributed by atoms with Crippen LogP contribution in [0.1, 0.15) is 37.9 Å². The lowest BCUT2D eigenvalue weighted by atomic mass is 9.96. The third kappa shape index (κ3) is 5.32. The number of hydrogen-bond acceptors (Lipinski definition) is 7. The maximum absolute atomic E-state index is 13.7. The van der Waals surface area contributed by atoms with E-state index in [1.165, 1.54) is 11.3 Å². The van der Waals surface area contributed by atoms with Crippen LogP contribution in [0, 0.1) is 12.3 Å². The Hall–Kier alpha value is -3.54. The second-order valence-electron chi connectivity index (χ2n) is 8.37. The van der Waals surface area contributed by atoms with Crippen LogP contribution >= 0.6 is 23.1 Å². The van der Waals surface area contributed by atoms with E-state index in [9.17, 15) is 9.59 Å². The predicted molar refractivity (Wildman–Crippen MR) is 144 cm³/mol.